The molecule has 5 rings (SSSR count). The fourth-order valence-corrected chi connectivity index (χ4v) is 5.04. The summed E-state index contributed by atoms with van der Waals surface area (Å²) in [4.78, 5) is 4.84. The molecule has 0 amide bonds. The monoisotopic (exact) mass is 486 g/mol. The number of hydrogen-bond donors (Lipinski definition) is 2. The topological polar surface area (TPSA) is 65.4 Å². The number of rotatable bonds is 6. The molecule has 2 atom stereocenters. The molecule has 3 aromatic rings. The van der Waals surface area contributed by atoms with Gasteiger partial charge in [0.2, 0.25) is 0 Å². The molecule has 36 heavy (non-hydrogen) atoms. The van der Waals surface area contributed by atoms with Crippen molar-refractivity contribution in [3.8, 4) is 23.0 Å². The van der Waals surface area contributed by atoms with Crippen molar-refractivity contribution in [2.45, 2.75) is 26.0 Å². The lowest BCUT2D eigenvalue weighted by molar-refractivity contribution is 0.0904. The summed E-state index contributed by atoms with van der Waals surface area (Å²) in [6.07, 6.45) is -0.359. The Balaban J connectivity index is 1.38. The number of piperazine rings is 1. The Hall–Kier alpha value is -3.48. The molecule has 0 spiro atoms. The molecular weight excluding hydrogens is 452 g/mol. The number of benzene rings is 3. The summed E-state index contributed by atoms with van der Waals surface area (Å²) in [5.74, 6) is 1.95. The van der Waals surface area contributed by atoms with Gasteiger partial charge < -0.3 is 24.6 Å². The van der Waals surface area contributed by atoms with E-state index in [1.165, 1.54) is 0 Å². The van der Waals surface area contributed by atoms with Crippen molar-refractivity contribution < 1.29 is 19.7 Å². The van der Waals surface area contributed by atoms with Crippen molar-refractivity contribution in [1.82, 2.24) is 9.80 Å². The van der Waals surface area contributed by atoms with Gasteiger partial charge in [0.25, 0.3) is 0 Å². The molecule has 2 unspecified atom stereocenters. The minimum Gasteiger partial charge on any atom is -0.508 e. The van der Waals surface area contributed by atoms with Crippen LogP contribution in [0.3, 0.4) is 0 Å². The van der Waals surface area contributed by atoms with Crippen LogP contribution in [0.15, 0.2) is 66.7 Å². The largest absolute Gasteiger partial charge is 0.508 e. The molecule has 0 aliphatic carbocycles. The quantitative estimate of drug-likeness (QED) is 0.501. The Kier molecular flexibility index (Phi) is 6.90. The van der Waals surface area contributed by atoms with Gasteiger partial charge in [-0.15, -0.1) is 0 Å². The Bertz CT molecular complexity index is 1250. The highest BCUT2D eigenvalue weighted by atomic mass is 16.5. The van der Waals surface area contributed by atoms with Gasteiger partial charge in [-0.05, 0) is 80.1 Å². The van der Waals surface area contributed by atoms with E-state index in [1.54, 1.807) is 30.3 Å². The van der Waals surface area contributed by atoms with Crippen molar-refractivity contribution in [2.75, 3.05) is 39.8 Å². The third-order valence-corrected chi connectivity index (χ3v) is 7.27. The first-order valence-corrected chi connectivity index (χ1v) is 12.5. The van der Waals surface area contributed by atoms with Crippen LogP contribution in [0.5, 0.6) is 23.0 Å². The molecule has 1 saturated heterocycles. The molecule has 2 aliphatic heterocycles. The van der Waals surface area contributed by atoms with Crippen LogP contribution in [0.25, 0.3) is 11.1 Å². The molecule has 2 heterocycles. The van der Waals surface area contributed by atoms with Crippen LogP contribution in [-0.2, 0) is 0 Å². The molecule has 2 aliphatic rings. The predicted molar refractivity (Wildman–Crippen MR) is 143 cm³/mol. The third kappa shape index (κ3) is 5.06. The minimum atomic E-state index is -0.359. The van der Waals surface area contributed by atoms with E-state index in [2.05, 4.69) is 23.8 Å². The van der Waals surface area contributed by atoms with Crippen LogP contribution < -0.4 is 9.47 Å². The SMILES string of the molecule is CC1=C(c2cccc(O)c2)C(c2ccc(OCC(C)N3CCN(C)CC3)cc2)Oc2ccc(O)cc21. The van der Waals surface area contributed by atoms with E-state index < -0.39 is 0 Å². The van der Waals surface area contributed by atoms with Gasteiger partial charge in [-0.3, -0.25) is 4.90 Å². The number of allylic oxidation sites excluding steroid dienone is 1. The minimum absolute atomic E-state index is 0.192. The predicted octanol–water partition coefficient (Wildman–Crippen LogP) is 5.18. The summed E-state index contributed by atoms with van der Waals surface area (Å²) in [6.45, 7) is 9.23. The summed E-state index contributed by atoms with van der Waals surface area (Å²) in [5.41, 5.74) is 4.69. The zero-order valence-electron chi connectivity index (χ0n) is 21.1. The van der Waals surface area contributed by atoms with E-state index in [4.69, 9.17) is 9.47 Å². The van der Waals surface area contributed by atoms with Crippen molar-refractivity contribution in [3.05, 3.63) is 83.4 Å². The lowest BCUT2D eigenvalue weighted by atomic mass is 9.86. The molecule has 6 heteroatoms. The smallest absolute Gasteiger partial charge is 0.150 e. The number of likely N-dealkylation sites (N-methyl/N-ethyl adjacent to an activating group) is 1. The first-order valence-electron chi connectivity index (χ1n) is 12.5. The number of hydrogen-bond acceptors (Lipinski definition) is 6. The van der Waals surface area contributed by atoms with Gasteiger partial charge in [-0.2, -0.15) is 0 Å². The van der Waals surface area contributed by atoms with E-state index in [-0.39, 0.29) is 17.6 Å². The van der Waals surface area contributed by atoms with Crippen LogP contribution in [0.2, 0.25) is 0 Å². The summed E-state index contributed by atoms with van der Waals surface area (Å²) >= 11 is 0. The van der Waals surface area contributed by atoms with Gasteiger partial charge >= 0.3 is 0 Å². The fraction of sp³-hybridized carbons (Fsp3) is 0.333. The first kappa shape index (κ1) is 24.2. The average molecular weight is 487 g/mol. The van der Waals surface area contributed by atoms with Crippen molar-refractivity contribution in [3.63, 3.8) is 0 Å². The molecule has 0 aromatic heterocycles. The third-order valence-electron chi connectivity index (χ3n) is 7.27. The van der Waals surface area contributed by atoms with Gasteiger partial charge in [-0.25, -0.2) is 0 Å². The molecule has 188 valence electrons. The summed E-state index contributed by atoms with van der Waals surface area (Å²) < 4.78 is 12.6. The Labute approximate surface area is 213 Å². The van der Waals surface area contributed by atoms with Crippen molar-refractivity contribution in [2.24, 2.45) is 0 Å². The Morgan fingerprint density at radius 2 is 1.67 bits per heavy atom. The maximum atomic E-state index is 10.1. The summed E-state index contributed by atoms with van der Waals surface area (Å²) in [5, 5.41) is 20.2. The number of phenols is 2. The van der Waals surface area contributed by atoms with Crippen molar-refractivity contribution >= 4 is 11.1 Å². The standard InChI is InChI=1S/C30H34N2O4/c1-20(32-15-13-31(3)14-16-32)19-35-26-10-7-22(8-11-26)30-29(23-5-4-6-24(33)17-23)21(2)27-18-25(34)9-12-28(27)36-30/h4-12,17-18,20,30,33-34H,13-16,19H2,1-3H3. The highest BCUT2D eigenvalue weighted by molar-refractivity contribution is 5.95. The van der Waals surface area contributed by atoms with Gasteiger partial charge in [0.15, 0.2) is 0 Å². The molecular formula is C30H34N2O4. The summed E-state index contributed by atoms with van der Waals surface area (Å²) in [6, 6.07) is 20.8. The van der Waals surface area contributed by atoms with Gasteiger partial charge in [-0.1, -0.05) is 24.3 Å². The van der Waals surface area contributed by atoms with Crippen LogP contribution >= 0.6 is 0 Å². The molecule has 3 aromatic carbocycles. The molecule has 6 nitrogen and oxygen atoms in total. The molecule has 0 bridgehead atoms. The number of aromatic hydroxyl groups is 2. The lowest BCUT2D eigenvalue weighted by Crippen LogP contribution is -2.49. The molecule has 0 radical (unpaired) electrons. The summed E-state index contributed by atoms with van der Waals surface area (Å²) in [7, 11) is 2.17. The Morgan fingerprint density at radius 1 is 0.944 bits per heavy atom. The van der Waals surface area contributed by atoms with E-state index in [1.807, 2.05) is 43.3 Å². The zero-order chi connectivity index (χ0) is 25.2. The number of nitrogens with zero attached hydrogens (tertiary/aromatic N) is 2. The van der Waals surface area contributed by atoms with Crippen LogP contribution in [-0.4, -0.2) is 65.9 Å². The van der Waals surface area contributed by atoms with Gasteiger partial charge in [0, 0.05) is 43.4 Å². The van der Waals surface area contributed by atoms with E-state index in [0.29, 0.717) is 12.6 Å². The number of fused-ring (bicyclic) bond motifs is 1. The second-order valence-electron chi connectivity index (χ2n) is 9.84. The first-order chi connectivity index (χ1) is 17.4. The highest BCUT2D eigenvalue weighted by Gasteiger charge is 2.30. The average Bonchev–Trinajstić information content (AvgIpc) is 2.88. The second-order valence-corrected chi connectivity index (χ2v) is 9.84. The fourth-order valence-electron chi connectivity index (χ4n) is 5.04. The normalized spacial score (nSPS) is 19.5. The van der Waals surface area contributed by atoms with Crippen LogP contribution in [0, 0.1) is 0 Å². The number of phenolic OH excluding ortho intramolecular Hbond substituents is 2. The van der Waals surface area contributed by atoms with E-state index in [9.17, 15) is 10.2 Å². The molecule has 0 saturated carbocycles. The van der Waals surface area contributed by atoms with E-state index in [0.717, 1.165) is 65.5 Å². The highest BCUT2D eigenvalue weighted by Crippen LogP contribution is 2.47. The van der Waals surface area contributed by atoms with Crippen LogP contribution in [0.1, 0.15) is 36.6 Å². The van der Waals surface area contributed by atoms with Gasteiger partial charge in [0.1, 0.15) is 35.7 Å². The van der Waals surface area contributed by atoms with E-state index >= 15 is 0 Å². The zero-order valence-corrected chi connectivity index (χ0v) is 21.1. The van der Waals surface area contributed by atoms with Crippen molar-refractivity contribution in [1.29, 1.82) is 0 Å². The molecule has 1 fully saturated rings. The maximum Gasteiger partial charge on any atom is 0.150 e. The van der Waals surface area contributed by atoms with Gasteiger partial charge in [0.05, 0.1) is 0 Å². The Morgan fingerprint density at radius 3 is 2.39 bits per heavy atom. The number of ether oxygens (including phenoxy) is 2. The maximum absolute atomic E-state index is 10.1. The second kappa shape index (κ2) is 10.2. The molecule has 2 N–H and O–H groups in total. The van der Waals surface area contributed by atoms with Crippen LogP contribution in [0.4, 0.5) is 0 Å². The lowest BCUT2D eigenvalue weighted by Gasteiger charge is -2.36.